The third-order valence-corrected chi connectivity index (χ3v) is 4.15. The second kappa shape index (κ2) is 6.89. The lowest BCUT2D eigenvalue weighted by molar-refractivity contribution is -0.117. The largest absolute Gasteiger partial charge is 0.486 e. The van der Waals surface area contributed by atoms with Gasteiger partial charge in [0.05, 0.1) is 18.2 Å². The van der Waals surface area contributed by atoms with Crippen LogP contribution in [0.5, 0.6) is 11.5 Å². The summed E-state index contributed by atoms with van der Waals surface area (Å²) in [6, 6.07) is 5.90. The molecule has 1 N–H and O–H groups in total. The Hall–Kier alpha value is -1.95. The zero-order valence-corrected chi connectivity index (χ0v) is 14.6. The molecule has 0 spiro atoms. The van der Waals surface area contributed by atoms with Gasteiger partial charge in [-0.3, -0.25) is 0 Å². The molecule has 0 aliphatic carbocycles. The maximum Gasteiger partial charge on any atom is 0.317 e. The number of carbonyl (C=O) groups is 1. The van der Waals surface area contributed by atoms with E-state index < -0.39 is 0 Å². The Balaban J connectivity index is 1.50. The minimum Gasteiger partial charge on any atom is -0.486 e. The molecule has 132 valence electrons. The number of morpholine rings is 1. The quantitative estimate of drug-likeness (QED) is 0.921. The van der Waals surface area contributed by atoms with Crippen LogP contribution in [-0.2, 0) is 11.2 Å². The molecule has 3 rings (SSSR count). The van der Waals surface area contributed by atoms with Gasteiger partial charge in [0.25, 0.3) is 0 Å². The van der Waals surface area contributed by atoms with Crippen LogP contribution in [0.25, 0.3) is 0 Å². The van der Waals surface area contributed by atoms with Crippen molar-refractivity contribution < 1.29 is 19.0 Å². The van der Waals surface area contributed by atoms with Crippen molar-refractivity contribution in [1.82, 2.24) is 10.2 Å². The zero-order chi connectivity index (χ0) is 17.2. The fourth-order valence-electron chi connectivity index (χ4n) is 3.28. The van der Waals surface area contributed by atoms with Gasteiger partial charge in [-0.15, -0.1) is 0 Å². The first kappa shape index (κ1) is 16.9. The minimum absolute atomic E-state index is 0.0317. The van der Waals surface area contributed by atoms with Crippen LogP contribution in [-0.4, -0.2) is 55.5 Å². The highest BCUT2D eigenvalue weighted by Crippen LogP contribution is 2.30. The van der Waals surface area contributed by atoms with E-state index in [0.717, 1.165) is 23.5 Å². The average Bonchev–Trinajstić information content (AvgIpc) is 2.52. The van der Waals surface area contributed by atoms with Crippen molar-refractivity contribution in [2.24, 2.45) is 0 Å². The molecule has 0 bridgehead atoms. The number of carbonyl (C=O) groups excluding carboxylic acids is 1. The standard InChI is InChI=1S/C18H26N2O4/c1-13-11-20(12-18(2,3)24-13)17(21)19-7-6-14-4-5-15-16(10-14)23-9-8-22-15/h4-5,10,13H,6-9,11-12H2,1-3H3,(H,19,21). The first-order valence-corrected chi connectivity index (χ1v) is 8.52. The van der Waals surface area contributed by atoms with Crippen LogP contribution in [0.4, 0.5) is 4.79 Å². The fraction of sp³-hybridized carbons (Fsp3) is 0.611. The molecule has 24 heavy (non-hydrogen) atoms. The number of fused-ring (bicyclic) bond motifs is 1. The van der Waals surface area contributed by atoms with E-state index in [-0.39, 0.29) is 17.7 Å². The van der Waals surface area contributed by atoms with E-state index in [1.807, 2.05) is 43.9 Å². The van der Waals surface area contributed by atoms with Crippen molar-refractivity contribution in [3.8, 4) is 11.5 Å². The highest BCUT2D eigenvalue weighted by Gasteiger charge is 2.33. The Labute approximate surface area is 143 Å². The summed E-state index contributed by atoms with van der Waals surface area (Å²) in [5, 5.41) is 3.00. The molecule has 1 unspecified atom stereocenters. The number of nitrogens with zero attached hydrogens (tertiary/aromatic N) is 1. The Morgan fingerprint density at radius 1 is 1.29 bits per heavy atom. The fourth-order valence-corrected chi connectivity index (χ4v) is 3.28. The van der Waals surface area contributed by atoms with Gasteiger partial charge in [0.15, 0.2) is 11.5 Å². The molecule has 2 heterocycles. The van der Waals surface area contributed by atoms with E-state index in [1.165, 1.54) is 0 Å². The van der Waals surface area contributed by atoms with Gasteiger partial charge in [-0.05, 0) is 44.9 Å². The topological polar surface area (TPSA) is 60.0 Å². The summed E-state index contributed by atoms with van der Waals surface area (Å²) >= 11 is 0. The Bertz CT molecular complexity index is 603. The molecule has 1 saturated heterocycles. The molecule has 6 heteroatoms. The number of hydrogen-bond donors (Lipinski definition) is 1. The van der Waals surface area contributed by atoms with Crippen molar-refractivity contribution in [1.29, 1.82) is 0 Å². The molecule has 2 amide bonds. The molecular formula is C18H26N2O4. The molecule has 0 aromatic heterocycles. The highest BCUT2D eigenvalue weighted by atomic mass is 16.6. The Morgan fingerprint density at radius 2 is 2.04 bits per heavy atom. The predicted molar refractivity (Wildman–Crippen MR) is 90.7 cm³/mol. The molecule has 1 atom stereocenters. The van der Waals surface area contributed by atoms with Gasteiger partial charge < -0.3 is 24.4 Å². The maximum absolute atomic E-state index is 12.4. The number of hydrogen-bond acceptors (Lipinski definition) is 4. The SMILES string of the molecule is CC1CN(C(=O)NCCc2ccc3c(c2)OCCO3)CC(C)(C)O1. The summed E-state index contributed by atoms with van der Waals surface area (Å²) < 4.78 is 16.9. The molecule has 1 fully saturated rings. The van der Waals surface area contributed by atoms with Gasteiger partial charge in [0.1, 0.15) is 13.2 Å². The molecule has 2 aliphatic rings. The third-order valence-electron chi connectivity index (χ3n) is 4.15. The van der Waals surface area contributed by atoms with Crippen LogP contribution in [0.3, 0.4) is 0 Å². The Kier molecular flexibility index (Phi) is 4.85. The Morgan fingerprint density at radius 3 is 2.79 bits per heavy atom. The third kappa shape index (κ3) is 4.12. The number of amides is 2. The maximum atomic E-state index is 12.4. The molecule has 1 aromatic carbocycles. The van der Waals surface area contributed by atoms with Gasteiger partial charge in [-0.2, -0.15) is 0 Å². The summed E-state index contributed by atoms with van der Waals surface area (Å²) in [5.74, 6) is 1.58. The van der Waals surface area contributed by atoms with Crippen LogP contribution in [0.2, 0.25) is 0 Å². The van der Waals surface area contributed by atoms with Gasteiger partial charge in [-0.25, -0.2) is 4.79 Å². The molecule has 0 saturated carbocycles. The molecule has 2 aliphatic heterocycles. The van der Waals surface area contributed by atoms with E-state index in [4.69, 9.17) is 14.2 Å². The van der Waals surface area contributed by atoms with E-state index in [9.17, 15) is 4.79 Å². The van der Waals surface area contributed by atoms with E-state index >= 15 is 0 Å². The summed E-state index contributed by atoms with van der Waals surface area (Å²) in [7, 11) is 0. The number of urea groups is 1. The number of rotatable bonds is 3. The van der Waals surface area contributed by atoms with Gasteiger partial charge in [0.2, 0.25) is 0 Å². The van der Waals surface area contributed by atoms with Crippen LogP contribution < -0.4 is 14.8 Å². The molecule has 0 radical (unpaired) electrons. The van der Waals surface area contributed by atoms with E-state index in [1.54, 1.807) is 0 Å². The summed E-state index contributed by atoms with van der Waals surface area (Å²) in [6.45, 7) is 9.01. The van der Waals surface area contributed by atoms with Crippen molar-refractivity contribution in [3.05, 3.63) is 23.8 Å². The zero-order valence-electron chi connectivity index (χ0n) is 14.6. The second-order valence-corrected chi connectivity index (χ2v) is 7.03. The molecule has 6 nitrogen and oxygen atoms in total. The van der Waals surface area contributed by atoms with Crippen molar-refractivity contribution in [3.63, 3.8) is 0 Å². The van der Waals surface area contributed by atoms with Gasteiger partial charge in [-0.1, -0.05) is 6.07 Å². The first-order valence-electron chi connectivity index (χ1n) is 8.52. The number of benzene rings is 1. The number of nitrogens with one attached hydrogen (secondary N) is 1. The summed E-state index contributed by atoms with van der Waals surface area (Å²) in [4.78, 5) is 14.2. The lowest BCUT2D eigenvalue weighted by Crippen LogP contribution is -2.56. The summed E-state index contributed by atoms with van der Waals surface area (Å²) in [5.41, 5.74) is 0.820. The van der Waals surface area contributed by atoms with Crippen molar-refractivity contribution >= 4 is 6.03 Å². The lowest BCUT2D eigenvalue weighted by Gasteiger charge is -2.41. The lowest BCUT2D eigenvalue weighted by atomic mass is 10.1. The predicted octanol–water partition coefficient (Wildman–Crippen LogP) is 2.21. The highest BCUT2D eigenvalue weighted by molar-refractivity contribution is 5.74. The minimum atomic E-state index is -0.301. The second-order valence-electron chi connectivity index (χ2n) is 7.03. The first-order chi connectivity index (χ1) is 11.4. The average molecular weight is 334 g/mol. The number of ether oxygens (including phenoxy) is 3. The van der Waals surface area contributed by atoms with Crippen LogP contribution in [0, 0.1) is 0 Å². The van der Waals surface area contributed by atoms with Crippen LogP contribution >= 0.6 is 0 Å². The summed E-state index contributed by atoms with van der Waals surface area (Å²) in [6.07, 6.45) is 0.809. The van der Waals surface area contributed by atoms with Gasteiger partial charge in [0, 0.05) is 13.1 Å². The van der Waals surface area contributed by atoms with Gasteiger partial charge >= 0.3 is 6.03 Å². The van der Waals surface area contributed by atoms with Crippen LogP contribution in [0.1, 0.15) is 26.3 Å². The van der Waals surface area contributed by atoms with E-state index in [2.05, 4.69) is 5.32 Å². The molecule has 1 aromatic rings. The molecular weight excluding hydrogens is 308 g/mol. The van der Waals surface area contributed by atoms with Crippen molar-refractivity contribution in [2.75, 3.05) is 32.8 Å². The normalized spacial score (nSPS) is 22.1. The monoisotopic (exact) mass is 334 g/mol. The smallest absolute Gasteiger partial charge is 0.317 e. The van der Waals surface area contributed by atoms with Crippen LogP contribution in [0.15, 0.2) is 18.2 Å². The van der Waals surface area contributed by atoms with Crippen molar-refractivity contribution in [2.45, 2.75) is 38.9 Å². The van der Waals surface area contributed by atoms with E-state index in [0.29, 0.717) is 32.8 Å².